The summed E-state index contributed by atoms with van der Waals surface area (Å²) in [5.41, 5.74) is 0. The molecule has 2 rings (SSSR count). The number of ether oxygens (including phenoxy) is 1. The lowest BCUT2D eigenvalue weighted by Crippen LogP contribution is -2.44. The molecule has 0 aromatic carbocycles. The molecular formula is C13H17N3O7S. The van der Waals surface area contributed by atoms with E-state index in [0.29, 0.717) is 0 Å². The van der Waals surface area contributed by atoms with Crippen LogP contribution in [-0.4, -0.2) is 39.0 Å². The Morgan fingerprint density at radius 1 is 1.25 bits per heavy atom. The Bertz CT molecular complexity index is 735. The van der Waals surface area contributed by atoms with Gasteiger partial charge in [-0.3, -0.25) is 10.1 Å². The second-order valence-electron chi connectivity index (χ2n) is 5.24. The third-order valence-electron chi connectivity index (χ3n) is 3.34. The number of nitrogens with one attached hydrogen (secondary N) is 2. The number of hydrogen-bond acceptors (Lipinski definition) is 7. The molecule has 1 aromatic heterocycles. The molecule has 1 heterocycles. The van der Waals surface area contributed by atoms with Crippen molar-refractivity contribution in [3.05, 3.63) is 17.9 Å². The minimum Gasteiger partial charge on any atom is -0.450 e. The first kappa shape index (κ1) is 17.9. The second-order valence-corrected chi connectivity index (χ2v) is 6.74. The van der Waals surface area contributed by atoms with Crippen LogP contribution in [0.5, 0.6) is 0 Å². The molecular weight excluding hydrogens is 342 g/mol. The maximum absolute atomic E-state index is 11.6. The number of carbonyl (C=O) groups is 3. The number of urea groups is 1. The fraction of sp³-hybridized carbons (Fsp3) is 0.462. The van der Waals surface area contributed by atoms with Crippen molar-refractivity contribution < 1.29 is 32.0 Å². The highest BCUT2D eigenvalue weighted by Crippen LogP contribution is 2.17. The molecule has 1 aliphatic rings. The van der Waals surface area contributed by atoms with E-state index in [1.54, 1.807) is 0 Å². The zero-order valence-corrected chi connectivity index (χ0v) is 13.4. The summed E-state index contributed by atoms with van der Waals surface area (Å²) in [6.45, 7) is -0.720. The highest BCUT2D eigenvalue weighted by molar-refractivity contribution is 7.89. The molecule has 24 heavy (non-hydrogen) atoms. The molecule has 10 nitrogen and oxygen atoms in total. The molecule has 0 spiro atoms. The van der Waals surface area contributed by atoms with E-state index in [9.17, 15) is 22.8 Å². The van der Waals surface area contributed by atoms with Gasteiger partial charge in [-0.1, -0.05) is 12.8 Å². The summed E-state index contributed by atoms with van der Waals surface area (Å²) in [7, 11) is -4.08. The van der Waals surface area contributed by atoms with Gasteiger partial charge in [-0.2, -0.15) is 0 Å². The lowest BCUT2D eigenvalue weighted by molar-refractivity contribution is -0.123. The van der Waals surface area contributed by atoms with Gasteiger partial charge in [0.15, 0.2) is 6.61 Å². The molecule has 1 saturated carbocycles. The van der Waals surface area contributed by atoms with Crippen LogP contribution in [0.1, 0.15) is 36.2 Å². The van der Waals surface area contributed by atoms with Crippen LogP contribution in [-0.2, 0) is 19.6 Å². The molecule has 4 N–H and O–H groups in total. The van der Waals surface area contributed by atoms with Gasteiger partial charge in [0.05, 0.1) is 0 Å². The van der Waals surface area contributed by atoms with Crippen LogP contribution < -0.4 is 15.8 Å². The van der Waals surface area contributed by atoms with Crippen LogP contribution in [0.15, 0.2) is 21.6 Å². The zero-order valence-electron chi connectivity index (χ0n) is 12.6. The van der Waals surface area contributed by atoms with Gasteiger partial charge in [0.2, 0.25) is 10.9 Å². The standard InChI is InChI=1S/C13H17N3O7S/c14-24(20,21)11-6-5-9(23-11)12(18)22-7-10(17)16-13(19)15-8-3-1-2-4-8/h5-6,8H,1-4,7H2,(H2,14,20,21)(H2,15,16,17,19). The lowest BCUT2D eigenvalue weighted by atomic mass is 10.2. The van der Waals surface area contributed by atoms with E-state index in [2.05, 4.69) is 10.1 Å². The molecule has 0 radical (unpaired) electrons. The number of hydrogen-bond donors (Lipinski definition) is 3. The Labute approximate surface area is 137 Å². The molecule has 0 bridgehead atoms. The van der Waals surface area contributed by atoms with E-state index in [4.69, 9.17) is 9.56 Å². The van der Waals surface area contributed by atoms with Gasteiger partial charge in [-0.25, -0.2) is 23.1 Å². The van der Waals surface area contributed by atoms with Gasteiger partial charge >= 0.3 is 12.0 Å². The lowest BCUT2D eigenvalue weighted by Gasteiger charge is -2.12. The zero-order chi connectivity index (χ0) is 17.7. The van der Waals surface area contributed by atoms with E-state index in [1.807, 2.05) is 5.32 Å². The van der Waals surface area contributed by atoms with Crippen molar-refractivity contribution in [3.63, 3.8) is 0 Å². The Kier molecular flexibility index (Phi) is 5.57. The SMILES string of the molecule is NS(=O)(=O)c1ccc(C(=O)OCC(=O)NC(=O)NC2CCCC2)o1. The molecule has 11 heteroatoms. The average molecular weight is 359 g/mol. The molecule has 3 amide bonds. The topological polar surface area (TPSA) is 158 Å². The Balaban J connectivity index is 1.77. The molecule has 1 aliphatic carbocycles. The summed E-state index contributed by atoms with van der Waals surface area (Å²) in [4.78, 5) is 34.7. The minimum absolute atomic E-state index is 0.0418. The van der Waals surface area contributed by atoms with Gasteiger partial charge in [0.25, 0.3) is 15.9 Å². The Morgan fingerprint density at radius 3 is 2.50 bits per heavy atom. The first-order chi connectivity index (χ1) is 11.3. The van der Waals surface area contributed by atoms with Gasteiger partial charge in [0.1, 0.15) is 0 Å². The summed E-state index contributed by atoms with van der Waals surface area (Å²) >= 11 is 0. The monoisotopic (exact) mass is 359 g/mol. The van der Waals surface area contributed by atoms with Crippen LogP contribution in [0.2, 0.25) is 0 Å². The van der Waals surface area contributed by atoms with Crippen LogP contribution in [0, 0.1) is 0 Å². The second kappa shape index (κ2) is 7.45. The van der Waals surface area contributed by atoms with E-state index in [-0.39, 0.29) is 6.04 Å². The smallest absolute Gasteiger partial charge is 0.374 e. The van der Waals surface area contributed by atoms with Gasteiger partial charge in [-0.05, 0) is 25.0 Å². The van der Waals surface area contributed by atoms with E-state index in [1.165, 1.54) is 0 Å². The summed E-state index contributed by atoms with van der Waals surface area (Å²) in [5, 5.41) is 8.90. The van der Waals surface area contributed by atoms with Crippen molar-refractivity contribution in [2.24, 2.45) is 5.14 Å². The summed E-state index contributed by atoms with van der Waals surface area (Å²) in [6.07, 6.45) is 3.78. The number of furan rings is 1. The van der Waals surface area contributed by atoms with Crippen molar-refractivity contribution >= 4 is 27.9 Å². The van der Waals surface area contributed by atoms with Crippen molar-refractivity contribution in [2.75, 3.05) is 6.61 Å². The molecule has 0 atom stereocenters. The number of sulfonamides is 1. The Hall–Kier alpha value is -2.40. The van der Waals surface area contributed by atoms with Gasteiger partial charge in [-0.15, -0.1) is 0 Å². The number of imide groups is 1. The first-order valence-electron chi connectivity index (χ1n) is 7.16. The largest absolute Gasteiger partial charge is 0.450 e. The van der Waals surface area contributed by atoms with Crippen molar-refractivity contribution in [1.29, 1.82) is 0 Å². The van der Waals surface area contributed by atoms with Crippen LogP contribution >= 0.6 is 0 Å². The van der Waals surface area contributed by atoms with E-state index < -0.39 is 45.4 Å². The number of rotatable bonds is 5. The number of primary sulfonamides is 1. The van der Waals surface area contributed by atoms with Crippen LogP contribution in [0.25, 0.3) is 0 Å². The Morgan fingerprint density at radius 2 is 1.92 bits per heavy atom. The number of amides is 3. The fourth-order valence-corrected chi connectivity index (χ4v) is 2.70. The number of esters is 1. The van der Waals surface area contributed by atoms with Crippen LogP contribution in [0.4, 0.5) is 4.79 Å². The van der Waals surface area contributed by atoms with Crippen LogP contribution in [0.3, 0.4) is 0 Å². The van der Waals surface area contributed by atoms with Crippen molar-refractivity contribution in [2.45, 2.75) is 36.8 Å². The average Bonchev–Trinajstić information content (AvgIpc) is 3.14. The molecule has 0 aliphatic heterocycles. The quantitative estimate of drug-likeness (QED) is 0.617. The van der Waals surface area contributed by atoms with Gasteiger partial charge in [0, 0.05) is 6.04 Å². The molecule has 0 unspecified atom stereocenters. The first-order valence-corrected chi connectivity index (χ1v) is 8.70. The number of carbonyl (C=O) groups excluding carboxylic acids is 3. The molecule has 0 saturated heterocycles. The maximum atomic E-state index is 11.6. The third kappa shape index (κ3) is 5.06. The predicted molar refractivity (Wildman–Crippen MR) is 79.3 cm³/mol. The van der Waals surface area contributed by atoms with Crippen molar-refractivity contribution in [1.82, 2.24) is 10.6 Å². The van der Waals surface area contributed by atoms with E-state index in [0.717, 1.165) is 37.8 Å². The molecule has 1 aromatic rings. The van der Waals surface area contributed by atoms with E-state index >= 15 is 0 Å². The highest BCUT2D eigenvalue weighted by Gasteiger charge is 2.21. The minimum atomic E-state index is -4.08. The third-order valence-corrected chi connectivity index (χ3v) is 4.12. The summed E-state index contributed by atoms with van der Waals surface area (Å²) < 4.78 is 31.4. The molecule has 1 fully saturated rings. The van der Waals surface area contributed by atoms with Crippen molar-refractivity contribution in [3.8, 4) is 0 Å². The maximum Gasteiger partial charge on any atom is 0.374 e. The highest BCUT2D eigenvalue weighted by atomic mass is 32.2. The molecule has 132 valence electrons. The summed E-state index contributed by atoms with van der Waals surface area (Å²) in [5.74, 6) is -2.31. The fourth-order valence-electron chi connectivity index (χ4n) is 2.24. The van der Waals surface area contributed by atoms with Gasteiger partial charge < -0.3 is 14.5 Å². The summed E-state index contributed by atoms with van der Waals surface area (Å²) in [6, 6.07) is 1.42. The normalized spacial score (nSPS) is 15.0. The predicted octanol–water partition coefficient (Wildman–Crippen LogP) is -0.148. The number of nitrogens with two attached hydrogens (primary N) is 1.